The fraction of sp³-hybridized carbons (Fsp3) is 0.462. The molecule has 1 saturated heterocycles. The molecule has 0 aliphatic carbocycles. The fourth-order valence-electron chi connectivity index (χ4n) is 2.50. The first-order chi connectivity index (χ1) is 9.93. The van der Waals surface area contributed by atoms with Gasteiger partial charge in [-0.25, -0.2) is 4.39 Å². The number of hydrogen-bond donors (Lipinski definition) is 2. The molecule has 1 heterocycles. The van der Waals surface area contributed by atoms with Crippen molar-refractivity contribution in [2.45, 2.75) is 18.9 Å². The minimum Gasteiger partial charge on any atom is -0.393 e. The van der Waals surface area contributed by atoms with Gasteiger partial charge in [0.2, 0.25) is 0 Å². The minimum atomic E-state index is -0.846. The number of benzene rings is 1. The number of rotatable bonds is 3. The molecule has 1 aromatic carbocycles. The molecule has 0 aromatic heterocycles. The zero-order valence-corrected chi connectivity index (χ0v) is 12.9. The summed E-state index contributed by atoms with van der Waals surface area (Å²) in [6.07, 6.45) is 1.76. The normalized spacial score (nSPS) is 17.7. The molecule has 22 heavy (non-hydrogen) atoms. The summed E-state index contributed by atoms with van der Waals surface area (Å²) in [7, 11) is 1.81. The summed E-state index contributed by atoms with van der Waals surface area (Å²) in [6.45, 7) is 1.000. The summed E-state index contributed by atoms with van der Waals surface area (Å²) in [4.78, 5) is 24.0. The zero-order chi connectivity index (χ0) is 15.6. The van der Waals surface area contributed by atoms with E-state index in [2.05, 4.69) is 5.32 Å². The molecule has 1 aliphatic rings. The van der Waals surface area contributed by atoms with E-state index in [9.17, 15) is 19.3 Å². The molecule has 2 rings (SSSR count). The molecule has 122 valence electrons. The number of carbonyl (C=O) groups excluding carboxylic acids is 1. The van der Waals surface area contributed by atoms with Gasteiger partial charge in [0.05, 0.1) is 16.6 Å². The Hall–Kier alpha value is -1.93. The number of likely N-dealkylation sites (tertiary alicyclic amines) is 1. The number of nitrogens with two attached hydrogens (primary N) is 1. The number of piperidine rings is 1. The van der Waals surface area contributed by atoms with Crippen LogP contribution in [0.2, 0.25) is 0 Å². The molecule has 0 saturated carbocycles. The smallest absolute Gasteiger partial charge is 0.295 e. The number of anilines is 1. The molecular formula is C13H18ClFN4O3. The van der Waals surface area contributed by atoms with Gasteiger partial charge in [0.1, 0.15) is 11.5 Å². The molecule has 3 N–H and O–H groups in total. The van der Waals surface area contributed by atoms with Crippen molar-refractivity contribution in [3.63, 3.8) is 0 Å². The quantitative estimate of drug-likeness (QED) is 0.497. The molecule has 9 heteroatoms. The van der Waals surface area contributed by atoms with Crippen molar-refractivity contribution >= 4 is 29.7 Å². The highest BCUT2D eigenvalue weighted by Crippen LogP contribution is 2.28. The van der Waals surface area contributed by atoms with Crippen LogP contribution in [0.15, 0.2) is 12.1 Å². The Balaban J connectivity index is 0.00000242. The molecular weight excluding hydrogens is 315 g/mol. The van der Waals surface area contributed by atoms with E-state index in [0.717, 1.165) is 25.0 Å². The van der Waals surface area contributed by atoms with Crippen molar-refractivity contribution in [1.82, 2.24) is 10.2 Å². The third kappa shape index (κ3) is 3.63. The Kier molecular flexibility index (Phi) is 6.07. The monoisotopic (exact) mass is 332 g/mol. The van der Waals surface area contributed by atoms with Crippen LogP contribution in [0.25, 0.3) is 0 Å². The number of halogens is 2. The summed E-state index contributed by atoms with van der Waals surface area (Å²) >= 11 is 0. The van der Waals surface area contributed by atoms with Crippen LogP contribution in [0.1, 0.15) is 23.2 Å². The van der Waals surface area contributed by atoms with E-state index in [0.29, 0.717) is 13.1 Å². The van der Waals surface area contributed by atoms with Crippen LogP contribution < -0.4 is 11.1 Å². The number of carbonyl (C=O) groups is 1. The number of nitrogens with one attached hydrogen (secondary N) is 1. The van der Waals surface area contributed by atoms with Crippen LogP contribution >= 0.6 is 12.4 Å². The van der Waals surface area contributed by atoms with Crippen LogP contribution in [0, 0.1) is 15.9 Å². The van der Waals surface area contributed by atoms with Gasteiger partial charge in [-0.05, 0) is 26.0 Å². The Morgan fingerprint density at radius 3 is 2.82 bits per heavy atom. The fourth-order valence-corrected chi connectivity index (χ4v) is 2.50. The van der Waals surface area contributed by atoms with Gasteiger partial charge >= 0.3 is 0 Å². The average molecular weight is 333 g/mol. The van der Waals surface area contributed by atoms with E-state index in [4.69, 9.17) is 5.73 Å². The predicted molar refractivity (Wildman–Crippen MR) is 82.7 cm³/mol. The lowest BCUT2D eigenvalue weighted by Crippen LogP contribution is -2.47. The first-order valence-electron chi connectivity index (χ1n) is 6.64. The second-order valence-corrected chi connectivity index (χ2v) is 5.02. The lowest BCUT2D eigenvalue weighted by molar-refractivity contribution is -0.384. The van der Waals surface area contributed by atoms with Gasteiger partial charge in [0.15, 0.2) is 0 Å². The summed E-state index contributed by atoms with van der Waals surface area (Å²) in [5.74, 6) is -1.32. The second kappa shape index (κ2) is 7.37. The van der Waals surface area contributed by atoms with E-state index < -0.39 is 22.3 Å². The Morgan fingerprint density at radius 2 is 2.23 bits per heavy atom. The van der Waals surface area contributed by atoms with Gasteiger partial charge in [-0.2, -0.15) is 0 Å². The van der Waals surface area contributed by atoms with Gasteiger partial charge < -0.3 is 16.0 Å². The third-order valence-electron chi connectivity index (χ3n) is 3.67. The van der Waals surface area contributed by atoms with Crippen LogP contribution in [0.3, 0.4) is 0 Å². The van der Waals surface area contributed by atoms with E-state index in [1.165, 1.54) is 0 Å². The Bertz CT molecular complexity index is 585. The van der Waals surface area contributed by atoms with E-state index in [1.807, 2.05) is 0 Å². The number of amides is 1. The standard InChI is InChI=1S/C13H17FN4O3.ClH/c1-16-9-3-2-4-17(7-9)13(19)10-5-8(14)6-11(12(10)15)18(20)21;/h5-6,9,16H,2-4,7,15H2,1H3;1H. The lowest BCUT2D eigenvalue weighted by Gasteiger charge is -2.32. The molecule has 0 bridgehead atoms. The van der Waals surface area contributed by atoms with Crippen LogP contribution in [-0.2, 0) is 0 Å². The Labute approximate surface area is 133 Å². The molecule has 1 aromatic rings. The lowest BCUT2D eigenvalue weighted by atomic mass is 10.0. The highest BCUT2D eigenvalue weighted by molar-refractivity contribution is 6.01. The predicted octanol–water partition coefficient (Wildman–Crippen LogP) is 1.56. The molecule has 1 aliphatic heterocycles. The average Bonchev–Trinajstić information content (AvgIpc) is 2.48. The van der Waals surface area contributed by atoms with Crippen molar-refractivity contribution in [2.75, 3.05) is 25.9 Å². The molecule has 0 spiro atoms. The van der Waals surface area contributed by atoms with Crippen LogP contribution in [0.4, 0.5) is 15.8 Å². The van der Waals surface area contributed by atoms with Gasteiger partial charge in [0.25, 0.3) is 11.6 Å². The molecule has 1 fully saturated rings. The van der Waals surface area contributed by atoms with Crippen molar-refractivity contribution < 1.29 is 14.1 Å². The first kappa shape index (κ1) is 18.1. The van der Waals surface area contributed by atoms with E-state index >= 15 is 0 Å². The minimum absolute atomic E-state index is 0. The maximum absolute atomic E-state index is 13.5. The Morgan fingerprint density at radius 1 is 1.55 bits per heavy atom. The second-order valence-electron chi connectivity index (χ2n) is 5.02. The maximum atomic E-state index is 13.5. The van der Waals surface area contributed by atoms with E-state index in [-0.39, 0.29) is 29.7 Å². The number of nitrogens with zero attached hydrogens (tertiary/aromatic N) is 2. The summed E-state index contributed by atoms with van der Waals surface area (Å²) in [5.41, 5.74) is 4.63. The van der Waals surface area contributed by atoms with Crippen molar-refractivity contribution in [2.24, 2.45) is 0 Å². The van der Waals surface area contributed by atoms with Crippen LogP contribution in [0.5, 0.6) is 0 Å². The highest BCUT2D eigenvalue weighted by atomic mass is 35.5. The van der Waals surface area contributed by atoms with Crippen molar-refractivity contribution in [1.29, 1.82) is 0 Å². The molecule has 1 atom stereocenters. The number of nitro groups is 1. The highest BCUT2D eigenvalue weighted by Gasteiger charge is 2.28. The molecule has 1 unspecified atom stereocenters. The topological polar surface area (TPSA) is 102 Å². The van der Waals surface area contributed by atoms with Crippen molar-refractivity contribution in [3.8, 4) is 0 Å². The summed E-state index contributed by atoms with van der Waals surface area (Å²) < 4.78 is 13.5. The van der Waals surface area contributed by atoms with Gasteiger partial charge in [0, 0.05) is 19.1 Å². The van der Waals surface area contributed by atoms with E-state index in [1.54, 1.807) is 11.9 Å². The zero-order valence-electron chi connectivity index (χ0n) is 12.0. The maximum Gasteiger partial charge on any atom is 0.295 e. The first-order valence-corrected chi connectivity index (χ1v) is 6.64. The van der Waals surface area contributed by atoms with Crippen LogP contribution in [-0.4, -0.2) is 41.9 Å². The number of hydrogen-bond acceptors (Lipinski definition) is 5. The largest absolute Gasteiger partial charge is 0.393 e. The van der Waals surface area contributed by atoms with Gasteiger partial charge in [-0.3, -0.25) is 14.9 Å². The SMILES string of the molecule is CNC1CCCN(C(=O)c2cc(F)cc([N+](=O)[O-])c2N)C1.Cl. The summed E-state index contributed by atoms with van der Waals surface area (Å²) in [5, 5.41) is 13.9. The molecule has 0 radical (unpaired) electrons. The number of likely N-dealkylation sites (N-methyl/N-ethyl adjacent to an activating group) is 1. The molecule has 1 amide bonds. The number of nitro benzene ring substituents is 1. The van der Waals surface area contributed by atoms with Gasteiger partial charge in [-0.1, -0.05) is 0 Å². The third-order valence-corrected chi connectivity index (χ3v) is 3.67. The van der Waals surface area contributed by atoms with Gasteiger partial charge in [-0.15, -0.1) is 12.4 Å². The van der Waals surface area contributed by atoms with Crippen molar-refractivity contribution in [3.05, 3.63) is 33.6 Å². The molecule has 7 nitrogen and oxygen atoms in total. The number of nitrogen functional groups attached to an aromatic ring is 1. The summed E-state index contributed by atoms with van der Waals surface area (Å²) in [6, 6.07) is 1.83.